The number of ether oxygens (including phenoxy) is 3. The highest BCUT2D eigenvalue weighted by molar-refractivity contribution is 6.07. The molecule has 0 atom stereocenters. The first-order valence-electron chi connectivity index (χ1n) is 7.50. The molecular formula is C19H20O5. The van der Waals surface area contributed by atoms with Crippen LogP contribution in [-0.2, 0) is 0 Å². The molecular weight excluding hydrogens is 308 g/mol. The summed E-state index contributed by atoms with van der Waals surface area (Å²) < 4.78 is 16.0. The number of hydrogen-bond donors (Lipinski definition) is 1. The van der Waals surface area contributed by atoms with Crippen LogP contribution in [0.1, 0.15) is 22.8 Å². The maximum atomic E-state index is 12.2. The number of phenols is 1. The lowest BCUT2D eigenvalue weighted by molar-refractivity contribution is 0.104. The molecule has 0 amide bonds. The van der Waals surface area contributed by atoms with Crippen molar-refractivity contribution in [1.29, 1.82) is 0 Å². The van der Waals surface area contributed by atoms with Gasteiger partial charge in [0.15, 0.2) is 17.3 Å². The van der Waals surface area contributed by atoms with Gasteiger partial charge in [0, 0.05) is 11.1 Å². The molecule has 0 bridgehead atoms. The number of ketones is 1. The van der Waals surface area contributed by atoms with Gasteiger partial charge in [0.25, 0.3) is 0 Å². The molecule has 0 aliphatic carbocycles. The second-order valence-electron chi connectivity index (χ2n) is 4.88. The first kappa shape index (κ1) is 17.4. The Balaban J connectivity index is 2.44. The van der Waals surface area contributed by atoms with Crippen molar-refractivity contribution in [2.75, 3.05) is 20.8 Å². The molecule has 126 valence electrons. The van der Waals surface area contributed by atoms with Crippen LogP contribution in [0, 0.1) is 0 Å². The minimum atomic E-state index is -0.144. The zero-order valence-electron chi connectivity index (χ0n) is 13.9. The Morgan fingerprint density at radius 1 is 1.12 bits per heavy atom. The Morgan fingerprint density at radius 3 is 2.42 bits per heavy atom. The Bertz CT molecular complexity index is 735. The maximum Gasteiger partial charge on any atom is 0.207 e. The Labute approximate surface area is 141 Å². The van der Waals surface area contributed by atoms with Crippen LogP contribution >= 0.6 is 0 Å². The van der Waals surface area contributed by atoms with E-state index in [1.807, 2.05) is 13.0 Å². The molecule has 0 spiro atoms. The first-order chi connectivity index (χ1) is 11.6. The van der Waals surface area contributed by atoms with Crippen molar-refractivity contribution >= 4 is 11.9 Å². The van der Waals surface area contributed by atoms with Crippen LogP contribution in [0.4, 0.5) is 0 Å². The predicted octanol–water partition coefficient (Wildman–Crippen LogP) is 3.70. The van der Waals surface area contributed by atoms with E-state index in [1.54, 1.807) is 36.4 Å². The summed E-state index contributed by atoms with van der Waals surface area (Å²) in [5.41, 5.74) is 1.16. The third-order valence-electron chi connectivity index (χ3n) is 3.39. The standard InChI is InChI=1S/C19H20O5/c1-4-24-18-14(12-16(22-2)17(21)19(18)23-3)10-11-15(20)13-8-6-5-7-9-13/h5-12,21H,4H2,1-3H3. The van der Waals surface area contributed by atoms with E-state index in [4.69, 9.17) is 14.2 Å². The maximum absolute atomic E-state index is 12.2. The lowest BCUT2D eigenvalue weighted by Crippen LogP contribution is -2.00. The number of methoxy groups -OCH3 is 2. The summed E-state index contributed by atoms with van der Waals surface area (Å²) in [6.07, 6.45) is 3.06. The monoisotopic (exact) mass is 328 g/mol. The van der Waals surface area contributed by atoms with E-state index >= 15 is 0 Å². The topological polar surface area (TPSA) is 65.0 Å². The van der Waals surface area contributed by atoms with Crippen LogP contribution < -0.4 is 14.2 Å². The van der Waals surface area contributed by atoms with Crippen LogP contribution in [0.5, 0.6) is 23.0 Å². The van der Waals surface area contributed by atoms with Crippen LogP contribution in [0.15, 0.2) is 42.5 Å². The molecule has 0 aromatic heterocycles. The fourth-order valence-corrected chi connectivity index (χ4v) is 2.25. The summed E-state index contributed by atoms with van der Waals surface area (Å²) >= 11 is 0. The minimum Gasteiger partial charge on any atom is -0.502 e. The van der Waals surface area contributed by atoms with Gasteiger partial charge < -0.3 is 19.3 Å². The fourth-order valence-electron chi connectivity index (χ4n) is 2.25. The number of carbonyl (C=O) groups excluding carboxylic acids is 1. The van der Waals surface area contributed by atoms with Crippen LogP contribution in [-0.4, -0.2) is 31.7 Å². The van der Waals surface area contributed by atoms with Crippen molar-refractivity contribution < 1.29 is 24.1 Å². The number of aromatic hydroxyl groups is 1. The van der Waals surface area contributed by atoms with Gasteiger partial charge in [0.05, 0.1) is 20.8 Å². The molecule has 1 N–H and O–H groups in total. The number of phenolic OH excluding ortho intramolecular Hbond substituents is 1. The second kappa shape index (κ2) is 8.06. The van der Waals surface area contributed by atoms with Gasteiger partial charge in [-0.1, -0.05) is 30.3 Å². The molecule has 0 fully saturated rings. The van der Waals surface area contributed by atoms with Crippen molar-refractivity contribution in [2.24, 2.45) is 0 Å². The second-order valence-corrected chi connectivity index (χ2v) is 4.88. The van der Waals surface area contributed by atoms with Gasteiger partial charge in [0.2, 0.25) is 11.5 Å². The van der Waals surface area contributed by atoms with Crippen molar-refractivity contribution in [1.82, 2.24) is 0 Å². The number of hydrogen-bond acceptors (Lipinski definition) is 5. The molecule has 0 aliphatic rings. The molecule has 0 unspecified atom stereocenters. The van der Waals surface area contributed by atoms with Gasteiger partial charge >= 0.3 is 0 Å². The molecule has 0 aliphatic heterocycles. The van der Waals surface area contributed by atoms with Crippen molar-refractivity contribution in [2.45, 2.75) is 6.92 Å². The smallest absolute Gasteiger partial charge is 0.207 e. The highest BCUT2D eigenvalue weighted by atomic mass is 16.5. The largest absolute Gasteiger partial charge is 0.502 e. The van der Waals surface area contributed by atoms with E-state index in [0.717, 1.165) is 0 Å². The third kappa shape index (κ3) is 3.68. The van der Waals surface area contributed by atoms with E-state index in [9.17, 15) is 9.90 Å². The molecule has 5 heteroatoms. The number of benzene rings is 2. The highest BCUT2D eigenvalue weighted by Crippen LogP contribution is 2.46. The number of rotatable bonds is 7. The summed E-state index contributed by atoms with van der Waals surface area (Å²) in [4.78, 5) is 12.2. The molecule has 2 aromatic rings. The quantitative estimate of drug-likeness (QED) is 0.620. The van der Waals surface area contributed by atoms with Gasteiger partial charge in [-0.05, 0) is 25.1 Å². The van der Waals surface area contributed by atoms with E-state index in [-0.39, 0.29) is 23.0 Å². The van der Waals surface area contributed by atoms with Gasteiger partial charge in [-0.15, -0.1) is 0 Å². The Kier molecular flexibility index (Phi) is 5.84. The number of allylic oxidation sites excluding steroid dienone is 1. The van der Waals surface area contributed by atoms with Gasteiger partial charge in [-0.3, -0.25) is 4.79 Å². The summed E-state index contributed by atoms with van der Waals surface area (Å²) in [5.74, 6) is 0.486. The van der Waals surface area contributed by atoms with Crippen LogP contribution in [0.25, 0.3) is 6.08 Å². The normalized spacial score (nSPS) is 10.6. The molecule has 2 rings (SSSR count). The molecule has 2 aromatic carbocycles. The van der Waals surface area contributed by atoms with E-state index in [1.165, 1.54) is 20.3 Å². The zero-order valence-corrected chi connectivity index (χ0v) is 13.9. The molecule has 0 radical (unpaired) electrons. The van der Waals surface area contributed by atoms with E-state index < -0.39 is 0 Å². The lowest BCUT2D eigenvalue weighted by Gasteiger charge is -2.16. The van der Waals surface area contributed by atoms with Crippen molar-refractivity contribution in [3.8, 4) is 23.0 Å². The van der Waals surface area contributed by atoms with Gasteiger partial charge in [-0.25, -0.2) is 0 Å². The molecule has 0 saturated carbocycles. The Hall–Kier alpha value is -2.95. The van der Waals surface area contributed by atoms with Crippen molar-refractivity contribution in [3.05, 3.63) is 53.6 Å². The molecule has 5 nitrogen and oxygen atoms in total. The highest BCUT2D eigenvalue weighted by Gasteiger charge is 2.19. The predicted molar refractivity (Wildman–Crippen MR) is 92.2 cm³/mol. The fraction of sp³-hybridized carbons (Fsp3) is 0.211. The average molecular weight is 328 g/mol. The first-order valence-corrected chi connectivity index (χ1v) is 7.50. The lowest BCUT2D eigenvalue weighted by atomic mass is 10.1. The van der Waals surface area contributed by atoms with E-state index in [0.29, 0.717) is 23.5 Å². The molecule has 0 heterocycles. The summed E-state index contributed by atoms with van der Waals surface area (Å²) in [6, 6.07) is 10.5. The summed E-state index contributed by atoms with van der Waals surface area (Å²) in [7, 11) is 2.87. The average Bonchev–Trinajstić information content (AvgIpc) is 2.62. The third-order valence-corrected chi connectivity index (χ3v) is 3.39. The SMILES string of the molecule is CCOc1c(C=CC(=O)c2ccccc2)cc(OC)c(O)c1OC. The molecule has 0 saturated heterocycles. The molecule has 24 heavy (non-hydrogen) atoms. The van der Waals surface area contributed by atoms with E-state index in [2.05, 4.69) is 0 Å². The van der Waals surface area contributed by atoms with Gasteiger partial charge in [0.1, 0.15) is 0 Å². The van der Waals surface area contributed by atoms with Crippen LogP contribution in [0.3, 0.4) is 0 Å². The Morgan fingerprint density at radius 2 is 1.83 bits per heavy atom. The van der Waals surface area contributed by atoms with Crippen molar-refractivity contribution in [3.63, 3.8) is 0 Å². The van der Waals surface area contributed by atoms with Gasteiger partial charge in [-0.2, -0.15) is 0 Å². The summed E-state index contributed by atoms with van der Waals surface area (Å²) in [5, 5.41) is 10.2. The van der Waals surface area contributed by atoms with Crippen LogP contribution in [0.2, 0.25) is 0 Å². The zero-order chi connectivity index (χ0) is 17.5. The number of carbonyl (C=O) groups is 1. The minimum absolute atomic E-state index is 0.135. The summed E-state index contributed by atoms with van der Waals surface area (Å²) in [6.45, 7) is 2.21.